The minimum atomic E-state index is -0.392. The molecule has 4 rings (SSSR count). The van der Waals surface area contributed by atoms with Gasteiger partial charge in [0.1, 0.15) is 17.2 Å². The van der Waals surface area contributed by atoms with Crippen LogP contribution in [0.5, 0.6) is 5.75 Å². The van der Waals surface area contributed by atoms with Crippen LogP contribution in [0.2, 0.25) is 0 Å². The molecule has 5 heteroatoms. The number of nitrogens with zero attached hydrogens (tertiary/aromatic N) is 2. The van der Waals surface area contributed by atoms with Gasteiger partial charge >= 0.3 is 0 Å². The van der Waals surface area contributed by atoms with Crippen molar-refractivity contribution in [2.75, 3.05) is 0 Å². The van der Waals surface area contributed by atoms with Crippen molar-refractivity contribution in [2.24, 2.45) is 5.41 Å². The van der Waals surface area contributed by atoms with Crippen LogP contribution in [-0.2, 0) is 0 Å². The van der Waals surface area contributed by atoms with Crippen molar-refractivity contribution < 1.29 is 9.13 Å². The lowest BCUT2D eigenvalue weighted by Gasteiger charge is -2.28. The number of fused-ring (bicyclic) bond motifs is 1. The molecule has 1 aromatic carbocycles. The number of rotatable bonds is 3. The van der Waals surface area contributed by atoms with Crippen molar-refractivity contribution in [3.63, 3.8) is 0 Å². The first-order valence-corrected chi connectivity index (χ1v) is 9.97. The molecule has 0 spiro atoms. The van der Waals surface area contributed by atoms with Gasteiger partial charge in [0.15, 0.2) is 5.90 Å². The van der Waals surface area contributed by atoms with Gasteiger partial charge in [-0.2, -0.15) is 0 Å². The van der Waals surface area contributed by atoms with Crippen molar-refractivity contribution in [2.45, 2.75) is 52.4 Å². The first kappa shape index (κ1) is 18.7. The van der Waals surface area contributed by atoms with Crippen LogP contribution in [0.25, 0.3) is 16.9 Å². The fraction of sp³-hybridized carbons (Fsp3) is 0.391. The SMILES string of the molecule is Cc1ccn2cc(-c3ccc(OC(=N)C4(C)CCCCCC4)cc3F)nc2c1. The number of imidazole rings is 1. The second-order valence-electron chi connectivity index (χ2n) is 8.14. The molecule has 0 aliphatic heterocycles. The molecule has 1 fully saturated rings. The summed E-state index contributed by atoms with van der Waals surface area (Å²) in [7, 11) is 0. The van der Waals surface area contributed by atoms with Crippen molar-refractivity contribution in [3.8, 4) is 17.0 Å². The van der Waals surface area contributed by atoms with E-state index in [-0.39, 0.29) is 11.3 Å². The maximum atomic E-state index is 14.8. The first-order chi connectivity index (χ1) is 13.4. The molecule has 1 saturated carbocycles. The number of ether oxygens (including phenoxy) is 1. The molecule has 3 aromatic rings. The molecule has 1 aliphatic rings. The lowest BCUT2D eigenvalue weighted by atomic mass is 9.82. The fourth-order valence-electron chi connectivity index (χ4n) is 3.96. The van der Waals surface area contributed by atoms with E-state index in [1.54, 1.807) is 12.1 Å². The molecule has 0 atom stereocenters. The summed E-state index contributed by atoms with van der Waals surface area (Å²) < 4.78 is 22.5. The zero-order valence-electron chi connectivity index (χ0n) is 16.5. The van der Waals surface area contributed by atoms with Crippen LogP contribution in [-0.4, -0.2) is 15.3 Å². The Morgan fingerprint density at radius 3 is 2.61 bits per heavy atom. The highest BCUT2D eigenvalue weighted by molar-refractivity contribution is 5.81. The smallest absolute Gasteiger partial charge is 0.193 e. The number of nitrogens with one attached hydrogen (secondary N) is 1. The standard InChI is InChI=1S/C23H26FN3O/c1-16-9-12-27-15-20(26-21(27)13-16)18-8-7-17(14-19(18)24)28-22(25)23(2)10-5-3-4-6-11-23/h7-9,12-15,25H,3-6,10-11H2,1-2H3. The van der Waals surface area contributed by atoms with Crippen LogP contribution >= 0.6 is 0 Å². The predicted molar refractivity (Wildman–Crippen MR) is 109 cm³/mol. The summed E-state index contributed by atoms with van der Waals surface area (Å²) in [5, 5.41) is 8.44. The Hall–Kier alpha value is -2.69. The third kappa shape index (κ3) is 3.66. The molecule has 1 aliphatic carbocycles. The zero-order valence-corrected chi connectivity index (χ0v) is 16.5. The summed E-state index contributed by atoms with van der Waals surface area (Å²) in [6.45, 7) is 4.09. The molecule has 4 nitrogen and oxygen atoms in total. The molecule has 1 N–H and O–H groups in total. The van der Waals surface area contributed by atoms with E-state index in [1.165, 1.54) is 18.9 Å². The van der Waals surface area contributed by atoms with Crippen molar-refractivity contribution in [1.82, 2.24) is 9.38 Å². The highest BCUT2D eigenvalue weighted by Crippen LogP contribution is 2.36. The Balaban J connectivity index is 1.56. The van der Waals surface area contributed by atoms with Gasteiger partial charge in [0, 0.05) is 29.4 Å². The van der Waals surface area contributed by atoms with Gasteiger partial charge in [-0.15, -0.1) is 0 Å². The average Bonchev–Trinajstić information content (AvgIpc) is 2.93. The third-order valence-electron chi connectivity index (χ3n) is 5.81. The van der Waals surface area contributed by atoms with Gasteiger partial charge < -0.3 is 9.14 Å². The summed E-state index contributed by atoms with van der Waals surface area (Å²) in [5.74, 6) is 0.220. The quantitative estimate of drug-likeness (QED) is 0.336. The highest BCUT2D eigenvalue weighted by Gasteiger charge is 2.32. The van der Waals surface area contributed by atoms with Gasteiger partial charge in [-0.3, -0.25) is 5.41 Å². The van der Waals surface area contributed by atoms with Crippen molar-refractivity contribution in [3.05, 3.63) is 54.1 Å². The van der Waals surface area contributed by atoms with Crippen LogP contribution < -0.4 is 4.74 Å². The number of pyridine rings is 1. The van der Waals surface area contributed by atoms with E-state index in [4.69, 9.17) is 10.1 Å². The first-order valence-electron chi connectivity index (χ1n) is 9.97. The number of halogens is 1. The maximum Gasteiger partial charge on any atom is 0.193 e. The number of hydrogen-bond donors (Lipinski definition) is 1. The number of aryl methyl sites for hydroxylation is 1. The molecule has 2 aromatic heterocycles. The average molecular weight is 379 g/mol. The molecule has 0 saturated heterocycles. The van der Waals surface area contributed by atoms with E-state index < -0.39 is 5.82 Å². The predicted octanol–water partition coefficient (Wildman–Crippen LogP) is 6.17. The van der Waals surface area contributed by atoms with Crippen molar-refractivity contribution >= 4 is 11.5 Å². The van der Waals surface area contributed by atoms with E-state index in [1.807, 2.05) is 35.9 Å². The second-order valence-corrected chi connectivity index (χ2v) is 8.14. The van der Waals surface area contributed by atoms with Gasteiger partial charge in [0.25, 0.3) is 0 Å². The highest BCUT2D eigenvalue weighted by atomic mass is 19.1. The summed E-state index contributed by atoms with van der Waals surface area (Å²) in [5.41, 5.74) is 2.66. The number of aromatic nitrogens is 2. The molecule has 0 amide bonds. The molecule has 28 heavy (non-hydrogen) atoms. The Morgan fingerprint density at radius 2 is 1.89 bits per heavy atom. The van der Waals surface area contributed by atoms with Crippen LogP contribution in [0, 0.1) is 23.6 Å². The summed E-state index contributed by atoms with van der Waals surface area (Å²) in [4.78, 5) is 4.53. The monoisotopic (exact) mass is 379 g/mol. The molecule has 0 bridgehead atoms. The molecule has 2 heterocycles. The van der Waals surface area contributed by atoms with Crippen molar-refractivity contribution in [1.29, 1.82) is 5.41 Å². The minimum absolute atomic E-state index is 0.241. The summed E-state index contributed by atoms with van der Waals surface area (Å²) in [6.07, 6.45) is 10.3. The second kappa shape index (κ2) is 7.38. The molecule has 0 radical (unpaired) electrons. The molecule has 146 valence electrons. The van der Waals surface area contributed by atoms with Crippen LogP contribution in [0.1, 0.15) is 51.0 Å². The van der Waals surface area contributed by atoms with Gasteiger partial charge in [-0.25, -0.2) is 9.37 Å². The fourth-order valence-corrected chi connectivity index (χ4v) is 3.96. The largest absolute Gasteiger partial charge is 0.443 e. The van der Waals surface area contributed by atoms with E-state index in [0.717, 1.165) is 36.9 Å². The van der Waals surface area contributed by atoms with Gasteiger partial charge in [0.05, 0.1) is 5.69 Å². The van der Waals surface area contributed by atoms with Crippen LogP contribution in [0.4, 0.5) is 4.39 Å². The lowest BCUT2D eigenvalue weighted by Crippen LogP contribution is -2.31. The molecular formula is C23H26FN3O. The van der Waals surface area contributed by atoms with Gasteiger partial charge in [-0.05, 0) is 49.6 Å². The Labute approximate surface area is 164 Å². The third-order valence-corrected chi connectivity index (χ3v) is 5.81. The summed E-state index contributed by atoms with van der Waals surface area (Å²) in [6, 6.07) is 8.72. The number of benzene rings is 1. The van der Waals surface area contributed by atoms with Crippen LogP contribution in [0.3, 0.4) is 0 Å². The Bertz CT molecular complexity index is 1020. The normalized spacial score (nSPS) is 16.7. The van der Waals surface area contributed by atoms with Gasteiger partial charge in [-0.1, -0.05) is 32.6 Å². The minimum Gasteiger partial charge on any atom is -0.443 e. The zero-order chi connectivity index (χ0) is 19.7. The maximum absolute atomic E-state index is 14.8. The van der Waals surface area contributed by atoms with Gasteiger partial charge in [0.2, 0.25) is 0 Å². The summed E-state index contributed by atoms with van der Waals surface area (Å²) >= 11 is 0. The Kier molecular flexibility index (Phi) is 4.92. The molecule has 0 unspecified atom stereocenters. The van der Waals surface area contributed by atoms with E-state index in [9.17, 15) is 4.39 Å². The molecular weight excluding hydrogens is 353 g/mol. The van der Waals surface area contributed by atoms with E-state index >= 15 is 0 Å². The van der Waals surface area contributed by atoms with E-state index in [2.05, 4.69) is 11.9 Å². The van der Waals surface area contributed by atoms with Crippen LogP contribution in [0.15, 0.2) is 42.7 Å². The number of hydrogen-bond acceptors (Lipinski definition) is 3. The Morgan fingerprint density at radius 1 is 1.14 bits per heavy atom. The van der Waals surface area contributed by atoms with E-state index in [0.29, 0.717) is 17.0 Å². The topological polar surface area (TPSA) is 50.4 Å². The lowest BCUT2D eigenvalue weighted by molar-refractivity contribution is 0.332.